The number of hydrogen-bond donors (Lipinski definition) is 1. The lowest BCUT2D eigenvalue weighted by molar-refractivity contribution is 0.0978. The first kappa shape index (κ1) is 18.7. The van der Waals surface area contributed by atoms with Crippen LogP contribution in [0.5, 0.6) is 5.75 Å². The summed E-state index contributed by atoms with van der Waals surface area (Å²) in [7, 11) is 0. The average Bonchev–Trinajstić information content (AvgIpc) is 2.45. The molecule has 0 saturated heterocycles. The molecule has 0 unspecified atom stereocenters. The standard InChI is InChI=1S/C20H32O2/c1-5-6-7-8-9-10-11-12-19(21)18-14-17(15(2)3)20(22)13-16(18)4/h13-15,22H,5-12H2,1-4H3. The highest BCUT2D eigenvalue weighted by Gasteiger charge is 2.14. The van der Waals surface area contributed by atoms with Crippen LogP contribution in [0.3, 0.4) is 0 Å². The fourth-order valence-electron chi connectivity index (χ4n) is 2.85. The topological polar surface area (TPSA) is 37.3 Å². The van der Waals surface area contributed by atoms with E-state index in [1.165, 1.54) is 32.1 Å². The molecule has 0 bridgehead atoms. The van der Waals surface area contributed by atoms with Crippen LogP contribution in [0.1, 0.15) is 99.5 Å². The van der Waals surface area contributed by atoms with Crippen LogP contribution in [0.25, 0.3) is 0 Å². The van der Waals surface area contributed by atoms with Crippen molar-refractivity contribution in [3.8, 4) is 5.75 Å². The second kappa shape index (κ2) is 9.66. The Morgan fingerprint density at radius 1 is 1.05 bits per heavy atom. The average molecular weight is 304 g/mol. The van der Waals surface area contributed by atoms with E-state index >= 15 is 0 Å². The van der Waals surface area contributed by atoms with Crippen LogP contribution < -0.4 is 0 Å². The number of phenolic OH excluding ortho intramolecular Hbond substituents is 1. The molecule has 1 aromatic rings. The molecule has 0 radical (unpaired) electrons. The Morgan fingerprint density at radius 2 is 1.64 bits per heavy atom. The third-order valence-corrected chi connectivity index (χ3v) is 4.30. The van der Waals surface area contributed by atoms with Crippen LogP contribution in [-0.4, -0.2) is 10.9 Å². The first-order valence-electron chi connectivity index (χ1n) is 8.84. The minimum absolute atomic E-state index is 0.216. The fraction of sp³-hybridized carbons (Fsp3) is 0.650. The minimum Gasteiger partial charge on any atom is -0.508 e. The Bertz CT molecular complexity index is 475. The number of aryl methyl sites for hydroxylation is 1. The molecule has 0 saturated carbocycles. The van der Waals surface area contributed by atoms with Gasteiger partial charge in [0.2, 0.25) is 0 Å². The van der Waals surface area contributed by atoms with Crippen molar-refractivity contribution in [1.29, 1.82) is 0 Å². The molecule has 0 amide bonds. The van der Waals surface area contributed by atoms with Gasteiger partial charge in [-0.1, -0.05) is 59.3 Å². The summed E-state index contributed by atoms with van der Waals surface area (Å²) >= 11 is 0. The van der Waals surface area contributed by atoms with E-state index in [-0.39, 0.29) is 11.7 Å². The predicted octanol–water partition coefficient (Wildman–Crippen LogP) is 6.15. The zero-order valence-corrected chi connectivity index (χ0v) is 14.7. The first-order chi connectivity index (χ1) is 10.5. The van der Waals surface area contributed by atoms with E-state index in [1.54, 1.807) is 6.07 Å². The number of Topliss-reactive ketones (excluding diaryl/α,β-unsaturated/α-hetero) is 1. The van der Waals surface area contributed by atoms with Crippen molar-refractivity contribution in [1.82, 2.24) is 0 Å². The molecule has 2 heteroatoms. The zero-order chi connectivity index (χ0) is 16.5. The molecule has 0 aliphatic rings. The van der Waals surface area contributed by atoms with Crippen LogP contribution in [0.4, 0.5) is 0 Å². The monoisotopic (exact) mass is 304 g/mol. The van der Waals surface area contributed by atoms with Gasteiger partial charge in [0.1, 0.15) is 5.75 Å². The van der Waals surface area contributed by atoms with Crippen LogP contribution in [-0.2, 0) is 0 Å². The summed E-state index contributed by atoms with van der Waals surface area (Å²) in [5.74, 6) is 0.749. The fourth-order valence-corrected chi connectivity index (χ4v) is 2.85. The van der Waals surface area contributed by atoms with E-state index in [4.69, 9.17) is 0 Å². The van der Waals surface area contributed by atoms with Crippen molar-refractivity contribution in [2.45, 2.75) is 85.0 Å². The molecular weight excluding hydrogens is 272 g/mol. The van der Waals surface area contributed by atoms with Crippen molar-refractivity contribution in [2.24, 2.45) is 0 Å². The Morgan fingerprint density at radius 3 is 2.23 bits per heavy atom. The van der Waals surface area contributed by atoms with Crippen LogP contribution in [0, 0.1) is 6.92 Å². The Hall–Kier alpha value is -1.31. The Labute approximate surface area is 135 Å². The SMILES string of the molecule is CCCCCCCCCC(=O)c1cc(C(C)C)c(O)cc1C. The third-order valence-electron chi connectivity index (χ3n) is 4.30. The first-order valence-corrected chi connectivity index (χ1v) is 8.84. The van der Waals surface area contributed by atoms with E-state index < -0.39 is 0 Å². The van der Waals surface area contributed by atoms with E-state index in [0.29, 0.717) is 12.2 Å². The van der Waals surface area contributed by atoms with Gasteiger partial charge in [0, 0.05) is 12.0 Å². The molecule has 22 heavy (non-hydrogen) atoms. The van der Waals surface area contributed by atoms with E-state index in [0.717, 1.165) is 29.5 Å². The molecule has 1 N–H and O–H groups in total. The van der Waals surface area contributed by atoms with Crippen molar-refractivity contribution in [2.75, 3.05) is 0 Å². The third kappa shape index (κ3) is 5.82. The lowest BCUT2D eigenvalue weighted by Crippen LogP contribution is -2.04. The lowest BCUT2D eigenvalue weighted by Gasteiger charge is -2.13. The molecule has 0 spiro atoms. The Kier molecular flexibility index (Phi) is 8.22. The van der Waals surface area contributed by atoms with Crippen molar-refractivity contribution in [3.63, 3.8) is 0 Å². The summed E-state index contributed by atoms with van der Waals surface area (Å²) in [6.45, 7) is 8.20. The Balaban J connectivity index is 2.50. The number of carbonyl (C=O) groups is 1. The predicted molar refractivity (Wildman–Crippen MR) is 93.9 cm³/mol. The second-order valence-corrected chi connectivity index (χ2v) is 6.68. The zero-order valence-electron chi connectivity index (χ0n) is 14.7. The number of aromatic hydroxyl groups is 1. The van der Waals surface area contributed by atoms with Crippen LogP contribution in [0.2, 0.25) is 0 Å². The molecule has 124 valence electrons. The summed E-state index contributed by atoms with van der Waals surface area (Å²) < 4.78 is 0. The summed E-state index contributed by atoms with van der Waals surface area (Å²) in [4.78, 5) is 12.4. The van der Waals surface area contributed by atoms with Gasteiger partial charge in [-0.15, -0.1) is 0 Å². The summed E-state index contributed by atoms with van der Waals surface area (Å²) in [6.07, 6.45) is 9.18. The molecule has 0 fully saturated rings. The van der Waals surface area contributed by atoms with Gasteiger partial charge in [-0.2, -0.15) is 0 Å². The maximum atomic E-state index is 12.4. The van der Waals surface area contributed by atoms with Gasteiger partial charge in [-0.25, -0.2) is 0 Å². The van der Waals surface area contributed by atoms with Gasteiger partial charge in [0.05, 0.1) is 0 Å². The number of phenols is 1. The lowest BCUT2D eigenvalue weighted by atomic mass is 9.93. The normalized spacial score (nSPS) is 11.1. The van der Waals surface area contributed by atoms with Gasteiger partial charge >= 0.3 is 0 Å². The maximum absolute atomic E-state index is 12.4. The van der Waals surface area contributed by atoms with Gasteiger partial charge in [0.15, 0.2) is 5.78 Å². The number of ketones is 1. The molecule has 0 aliphatic carbocycles. The maximum Gasteiger partial charge on any atom is 0.163 e. The van der Waals surface area contributed by atoms with E-state index in [9.17, 15) is 9.90 Å². The highest BCUT2D eigenvalue weighted by atomic mass is 16.3. The molecule has 0 heterocycles. The van der Waals surface area contributed by atoms with Crippen molar-refractivity contribution >= 4 is 5.78 Å². The van der Waals surface area contributed by atoms with Gasteiger partial charge in [-0.3, -0.25) is 4.79 Å². The van der Waals surface area contributed by atoms with E-state index in [2.05, 4.69) is 6.92 Å². The minimum atomic E-state index is 0.216. The summed E-state index contributed by atoms with van der Waals surface area (Å²) in [5, 5.41) is 9.97. The van der Waals surface area contributed by atoms with E-state index in [1.807, 2.05) is 26.8 Å². The van der Waals surface area contributed by atoms with Gasteiger partial charge < -0.3 is 5.11 Å². The van der Waals surface area contributed by atoms with Crippen molar-refractivity contribution < 1.29 is 9.90 Å². The quantitative estimate of drug-likeness (QED) is 0.416. The van der Waals surface area contributed by atoms with Gasteiger partial charge in [0.25, 0.3) is 0 Å². The number of benzene rings is 1. The largest absolute Gasteiger partial charge is 0.508 e. The molecule has 0 aliphatic heterocycles. The number of unbranched alkanes of at least 4 members (excludes halogenated alkanes) is 6. The molecule has 2 nitrogen and oxygen atoms in total. The number of rotatable bonds is 10. The summed E-state index contributed by atoms with van der Waals surface area (Å²) in [5.41, 5.74) is 2.54. The highest BCUT2D eigenvalue weighted by Crippen LogP contribution is 2.29. The van der Waals surface area contributed by atoms with Crippen LogP contribution in [0.15, 0.2) is 12.1 Å². The highest BCUT2D eigenvalue weighted by molar-refractivity contribution is 5.97. The number of carbonyl (C=O) groups excluding carboxylic acids is 1. The molecule has 1 rings (SSSR count). The molecule has 0 atom stereocenters. The summed E-state index contributed by atoms with van der Waals surface area (Å²) in [6, 6.07) is 3.62. The smallest absolute Gasteiger partial charge is 0.163 e. The van der Waals surface area contributed by atoms with Gasteiger partial charge in [-0.05, 0) is 42.5 Å². The van der Waals surface area contributed by atoms with Crippen molar-refractivity contribution in [3.05, 3.63) is 28.8 Å². The molecule has 0 aromatic heterocycles. The molecular formula is C20H32O2. The molecule has 1 aromatic carbocycles. The van der Waals surface area contributed by atoms with Crippen LogP contribution >= 0.6 is 0 Å². The second-order valence-electron chi connectivity index (χ2n) is 6.68. The number of hydrogen-bond acceptors (Lipinski definition) is 2.